The Bertz CT molecular complexity index is 249. The topological polar surface area (TPSA) is 58.2 Å². The summed E-state index contributed by atoms with van der Waals surface area (Å²) in [5, 5.41) is 5.36. The molecule has 2 atom stereocenters. The first-order valence-corrected chi connectivity index (χ1v) is 5.83. The Morgan fingerprint density at radius 1 is 0.875 bits per heavy atom. The van der Waals surface area contributed by atoms with E-state index in [1.807, 2.05) is 34.6 Å². The van der Waals surface area contributed by atoms with Gasteiger partial charge in [-0.3, -0.25) is 9.59 Å². The van der Waals surface area contributed by atoms with Gasteiger partial charge in [0.1, 0.15) is 6.04 Å². The van der Waals surface area contributed by atoms with Crippen LogP contribution >= 0.6 is 0 Å². The van der Waals surface area contributed by atoms with Crippen molar-refractivity contribution in [3.05, 3.63) is 0 Å². The molecule has 0 heterocycles. The summed E-state index contributed by atoms with van der Waals surface area (Å²) in [5.74, 6) is 0.0864. The molecule has 2 N–H and O–H groups in total. The Hall–Kier alpha value is -1.06. The Kier molecular flexibility index (Phi) is 6.08. The Labute approximate surface area is 98.2 Å². The molecule has 4 heteroatoms. The molecule has 0 rings (SSSR count). The number of rotatable bonds is 5. The molecule has 0 saturated heterocycles. The van der Waals surface area contributed by atoms with Gasteiger partial charge in [0.25, 0.3) is 0 Å². The Morgan fingerprint density at radius 2 is 1.38 bits per heavy atom. The first kappa shape index (κ1) is 14.9. The lowest BCUT2D eigenvalue weighted by molar-refractivity contribution is -0.132. The highest BCUT2D eigenvalue weighted by Crippen LogP contribution is 2.11. The van der Waals surface area contributed by atoms with E-state index >= 15 is 0 Å². The molecule has 0 aliphatic carbocycles. The fourth-order valence-electron chi connectivity index (χ4n) is 1.28. The number of hydrogen-bond acceptors (Lipinski definition) is 2. The van der Waals surface area contributed by atoms with Crippen LogP contribution < -0.4 is 10.6 Å². The molecular weight excluding hydrogens is 204 g/mol. The van der Waals surface area contributed by atoms with Crippen molar-refractivity contribution in [3.8, 4) is 0 Å². The number of amides is 2. The third kappa shape index (κ3) is 4.21. The SMILES string of the molecule is CNC(=O)[C@@H](NC(=O)[C@@H](C)C(C)C)C(C)C. The second kappa shape index (κ2) is 6.51. The van der Waals surface area contributed by atoms with Crippen LogP contribution in [0.15, 0.2) is 0 Å². The highest BCUT2D eigenvalue weighted by molar-refractivity contribution is 5.88. The normalized spacial score (nSPS) is 14.8. The molecule has 0 aromatic heterocycles. The van der Waals surface area contributed by atoms with Gasteiger partial charge in [0.05, 0.1) is 0 Å². The molecule has 4 nitrogen and oxygen atoms in total. The molecule has 0 aromatic carbocycles. The van der Waals surface area contributed by atoms with Gasteiger partial charge in [-0.05, 0) is 11.8 Å². The zero-order valence-corrected chi connectivity index (χ0v) is 11.1. The summed E-state index contributed by atoms with van der Waals surface area (Å²) in [5.41, 5.74) is 0. The lowest BCUT2D eigenvalue weighted by Crippen LogP contribution is -2.50. The van der Waals surface area contributed by atoms with Gasteiger partial charge in [0.2, 0.25) is 11.8 Å². The van der Waals surface area contributed by atoms with Gasteiger partial charge in [-0.25, -0.2) is 0 Å². The highest BCUT2D eigenvalue weighted by atomic mass is 16.2. The monoisotopic (exact) mass is 228 g/mol. The predicted octanol–water partition coefficient (Wildman–Crippen LogP) is 1.17. The minimum atomic E-state index is -0.446. The van der Waals surface area contributed by atoms with Crippen molar-refractivity contribution in [2.45, 2.75) is 40.7 Å². The Morgan fingerprint density at radius 3 is 1.69 bits per heavy atom. The third-order valence-corrected chi connectivity index (χ3v) is 2.91. The van der Waals surface area contributed by atoms with Gasteiger partial charge in [-0.1, -0.05) is 34.6 Å². The fourth-order valence-corrected chi connectivity index (χ4v) is 1.28. The summed E-state index contributed by atoms with van der Waals surface area (Å²) in [6.45, 7) is 9.70. The number of nitrogens with one attached hydrogen (secondary N) is 2. The van der Waals surface area contributed by atoms with Gasteiger partial charge >= 0.3 is 0 Å². The molecule has 0 radical (unpaired) electrons. The van der Waals surface area contributed by atoms with Crippen LogP contribution in [-0.2, 0) is 9.59 Å². The first-order valence-electron chi connectivity index (χ1n) is 5.83. The standard InChI is InChI=1S/C12H24N2O2/c1-7(2)9(5)11(15)14-10(8(3)4)12(16)13-6/h7-10H,1-6H3,(H,13,16)(H,14,15)/t9-,10-/m0/s1. The van der Waals surface area contributed by atoms with Crippen LogP contribution in [0.2, 0.25) is 0 Å². The van der Waals surface area contributed by atoms with E-state index in [9.17, 15) is 9.59 Å². The van der Waals surface area contributed by atoms with Crippen molar-refractivity contribution in [2.75, 3.05) is 7.05 Å². The molecule has 0 saturated carbocycles. The molecule has 0 fully saturated rings. The van der Waals surface area contributed by atoms with Crippen molar-refractivity contribution in [1.29, 1.82) is 0 Å². The summed E-state index contributed by atoms with van der Waals surface area (Å²) in [7, 11) is 1.58. The summed E-state index contributed by atoms with van der Waals surface area (Å²) >= 11 is 0. The molecule has 0 spiro atoms. The maximum atomic E-state index is 11.8. The summed E-state index contributed by atoms with van der Waals surface area (Å²) in [4.78, 5) is 23.4. The van der Waals surface area contributed by atoms with E-state index in [0.29, 0.717) is 0 Å². The van der Waals surface area contributed by atoms with E-state index in [2.05, 4.69) is 10.6 Å². The van der Waals surface area contributed by atoms with Gasteiger partial charge in [-0.2, -0.15) is 0 Å². The quantitative estimate of drug-likeness (QED) is 0.742. The third-order valence-electron chi connectivity index (χ3n) is 2.91. The van der Waals surface area contributed by atoms with Crippen LogP contribution in [0.4, 0.5) is 0 Å². The van der Waals surface area contributed by atoms with Crippen molar-refractivity contribution in [1.82, 2.24) is 10.6 Å². The molecule has 16 heavy (non-hydrogen) atoms. The molecule has 0 aliphatic heterocycles. The van der Waals surface area contributed by atoms with E-state index in [1.165, 1.54) is 0 Å². The van der Waals surface area contributed by atoms with Crippen LogP contribution in [0, 0.1) is 17.8 Å². The van der Waals surface area contributed by atoms with Crippen LogP contribution in [0.5, 0.6) is 0 Å². The lowest BCUT2D eigenvalue weighted by atomic mass is 9.95. The van der Waals surface area contributed by atoms with Gasteiger partial charge < -0.3 is 10.6 Å². The van der Waals surface area contributed by atoms with Crippen molar-refractivity contribution in [2.24, 2.45) is 17.8 Å². The number of carbonyl (C=O) groups is 2. The average molecular weight is 228 g/mol. The summed E-state index contributed by atoms with van der Waals surface area (Å²) < 4.78 is 0. The highest BCUT2D eigenvalue weighted by Gasteiger charge is 2.26. The van der Waals surface area contributed by atoms with Crippen LogP contribution in [0.1, 0.15) is 34.6 Å². The maximum Gasteiger partial charge on any atom is 0.242 e. The Balaban J connectivity index is 4.53. The van der Waals surface area contributed by atoms with E-state index in [4.69, 9.17) is 0 Å². The largest absolute Gasteiger partial charge is 0.357 e. The van der Waals surface area contributed by atoms with Crippen LogP contribution in [0.3, 0.4) is 0 Å². The molecule has 0 aromatic rings. The van der Waals surface area contributed by atoms with Crippen LogP contribution in [-0.4, -0.2) is 24.9 Å². The number of hydrogen-bond donors (Lipinski definition) is 2. The minimum Gasteiger partial charge on any atom is -0.357 e. The van der Waals surface area contributed by atoms with E-state index in [1.54, 1.807) is 7.05 Å². The van der Waals surface area contributed by atoms with E-state index < -0.39 is 6.04 Å². The van der Waals surface area contributed by atoms with Crippen molar-refractivity contribution in [3.63, 3.8) is 0 Å². The van der Waals surface area contributed by atoms with Crippen LogP contribution in [0.25, 0.3) is 0 Å². The second-order valence-corrected chi connectivity index (χ2v) is 4.88. The molecule has 2 amide bonds. The fraction of sp³-hybridized carbons (Fsp3) is 0.833. The zero-order chi connectivity index (χ0) is 12.9. The smallest absolute Gasteiger partial charge is 0.242 e. The maximum absolute atomic E-state index is 11.8. The van der Waals surface area contributed by atoms with Crippen molar-refractivity contribution >= 4 is 11.8 Å². The molecule has 0 unspecified atom stereocenters. The summed E-state index contributed by atoms with van der Waals surface area (Å²) in [6, 6.07) is -0.446. The molecule has 0 bridgehead atoms. The first-order chi connectivity index (χ1) is 7.31. The second-order valence-electron chi connectivity index (χ2n) is 4.88. The molecule has 0 aliphatic rings. The summed E-state index contributed by atoms with van der Waals surface area (Å²) in [6.07, 6.45) is 0. The zero-order valence-electron chi connectivity index (χ0n) is 11.1. The number of likely N-dealkylation sites (N-methyl/N-ethyl adjacent to an activating group) is 1. The number of carbonyl (C=O) groups excluding carboxylic acids is 2. The van der Waals surface area contributed by atoms with Gasteiger partial charge in [0, 0.05) is 13.0 Å². The van der Waals surface area contributed by atoms with E-state index in [-0.39, 0.29) is 29.6 Å². The molecular formula is C12H24N2O2. The predicted molar refractivity (Wildman–Crippen MR) is 64.8 cm³/mol. The van der Waals surface area contributed by atoms with Crippen molar-refractivity contribution < 1.29 is 9.59 Å². The van der Waals surface area contributed by atoms with E-state index in [0.717, 1.165) is 0 Å². The lowest BCUT2D eigenvalue weighted by Gasteiger charge is -2.24. The average Bonchev–Trinajstić information content (AvgIpc) is 2.22. The van der Waals surface area contributed by atoms with Gasteiger partial charge in [0.15, 0.2) is 0 Å². The minimum absolute atomic E-state index is 0.0581. The molecule has 94 valence electrons. The van der Waals surface area contributed by atoms with Gasteiger partial charge in [-0.15, -0.1) is 0 Å².